The van der Waals surface area contributed by atoms with E-state index in [1.807, 2.05) is 0 Å². The van der Waals surface area contributed by atoms with Crippen molar-refractivity contribution in [3.05, 3.63) is 48.5 Å². The molecule has 128 valence electrons. The van der Waals surface area contributed by atoms with Crippen LogP contribution < -0.4 is 20.1 Å². The summed E-state index contributed by atoms with van der Waals surface area (Å²) in [6.45, 7) is -1.16. The van der Waals surface area contributed by atoms with E-state index in [1.54, 1.807) is 38.3 Å². The van der Waals surface area contributed by atoms with Gasteiger partial charge in [-0.3, -0.25) is 4.79 Å². The summed E-state index contributed by atoms with van der Waals surface area (Å²) in [6.07, 6.45) is 0. The molecule has 0 saturated heterocycles. The van der Waals surface area contributed by atoms with E-state index in [1.165, 1.54) is 24.3 Å². The molecule has 2 rings (SSSR count). The molecule has 2 aromatic rings. The highest BCUT2D eigenvalue weighted by Crippen LogP contribution is 2.19. The van der Waals surface area contributed by atoms with Crippen LogP contribution in [-0.4, -0.2) is 25.7 Å². The third-order valence-corrected chi connectivity index (χ3v) is 3.21. The lowest BCUT2D eigenvalue weighted by Crippen LogP contribution is -2.31. The average molecular weight is 336 g/mol. The average Bonchev–Trinajstić information content (AvgIpc) is 2.56. The molecular formula is C17H18F2N2O3. The Morgan fingerprint density at radius 2 is 1.50 bits per heavy atom. The van der Waals surface area contributed by atoms with Gasteiger partial charge in [0.1, 0.15) is 17.5 Å². The first kappa shape index (κ1) is 17.5. The van der Waals surface area contributed by atoms with E-state index in [4.69, 9.17) is 4.74 Å². The predicted octanol–water partition coefficient (Wildman–Crippen LogP) is 3.74. The maximum atomic E-state index is 12.2. The molecule has 0 heterocycles. The summed E-state index contributed by atoms with van der Waals surface area (Å²) in [5.74, 6) is 0.504. The van der Waals surface area contributed by atoms with E-state index >= 15 is 0 Å². The number of hydrogen-bond acceptors (Lipinski definition) is 4. The van der Waals surface area contributed by atoms with Crippen LogP contribution in [0.25, 0.3) is 0 Å². The molecule has 1 amide bonds. The maximum Gasteiger partial charge on any atom is 0.387 e. The Morgan fingerprint density at radius 3 is 2.04 bits per heavy atom. The van der Waals surface area contributed by atoms with E-state index < -0.39 is 12.7 Å². The molecular weight excluding hydrogens is 318 g/mol. The molecule has 0 aromatic heterocycles. The first-order valence-electron chi connectivity index (χ1n) is 7.24. The summed E-state index contributed by atoms with van der Waals surface area (Å²) in [5.41, 5.74) is 1.27. The number of anilines is 2. The molecule has 2 aromatic carbocycles. The molecule has 24 heavy (non-hydrogen) atoms. The van der Waals surface area contributed by atoms with Gasteiger partial charge in [-0.2, -0.15) is 8.78 Å². The van der Waals surface area contributed by atoms with Crippen molar-refractivity contribution in [1.82, 2.24) is 0 Å². The van der Waals surface area contributed by atoms with Gasteiger partial charge in [0.2, 0.25) is 5.91 Å². The quantitative estimate of drug-likeness (QED) is 0.809. The largest absolute Gasteiger partial charge is 0.497 e. The molecule has 0 unspecified atom stereocenters. The molecule has 0 aliphatic carbocycles. The number of ether oxygens (including phenoxy) is 2. The Morgan fingerprint density at radius 1 is 0.958 bits per heavy atom. The minimum Gasteiger partial charge on any atom is -0.497 e. The van der Waals surface area contributed by atoms with Crippen molar-refractivity contribution in [2.75, 3.05) is 17.7 Å². The molecule has 1 atom stereocenters. The second-order valence-electron chi connectivity index (χ2n) is 4.99. The van der Waals surface area contributed by atoms with Crippen LogP contribution in [0.5, 0.6) is 11.5 Å². The number of rotatable bonds is 7. The molecule has 0 fully saturated rings. The van der Waals surface area contributed by atoms with E-state index in [0.717, 1.165) is 11.4 Å². The summed E-state index contributed by atoms with van der Waals surface area (Å²) in [4.78, 5) is 12.2. The van der Waals surface area contributed by atoms with E-state index in [2.05, 4.69) is 15.4 Å². The number of carbonyl (C=O) groups is 1. The van der Waals surface area contributed by atoms with Crippen LogP contribution in [0.2, 0.25) is 0 Å². The molecule has 0 bridgehead atoms. The molecule has 0 spiro atoms. The highest BCUT2D eigenvalue weighted by Gasteiger charge is 2.13. The topological polar surface area (TPSA) is 59.6 Å². The Balaban J connectivity index is 1.90. The van der Waals surface area contributed by atoms with Crippen LogP contribution in [0, 0.1) is 0 Å². The smallest absolute Gasteiger partial charge is 0.387 e. The number of nitrogens with one attached hydrogen (secondary N) is 2. The fraction of sp³-hybridized carbons (Fsp3) is 0.235. The molecule has 0 saturated carbocycles. The van der Waals surface area contributed by atoms with Crippen LogP contribution in [0.15, 0.2) is 48.5 Å². The van der Waals surface area contributed by atoms with Crippen molar-refractivity contribution in [2.24, 2.45) is 0 Å². The first-order valence-corrected chi connectivity index (χ1v) is 7.24. The number of hydrogen-bond donors (Lipinski definition) is 2. The van der Waals surface area contributed by atoms with Gasteiger partial charge < -0.3 is 20.1 Å². The Hall–Kier alpha value is -2.83. The third-order valence-electron chi connectivity index (χ3n) is 3.21. The highest BCUT2D eigenvalue weighted by molar-refractivity contribution is 5.96. The van der Waals surface area contributed by atoms with Gasteiger partial charge >= 0.3 is 6.61 Å². The van der Waals surface area contributed by atoms with E-state index in [0.29, 0.717) is 5.69 Å². The third kappa shape index (κ3) is 5.12. The number of methoxy groups -OCH3 is 1. The van der Waals surface area contributed by atoms with Gasteiger partial charge in [-0.15, -0.1) is 0 Å². The van der Waals surface area contributed by atoms with Crippen molar-refractivity contribution in [1.29, 1.82) is 0 Å². The molecule has 2 N–H and O–H groups in total. The number of halogens is 2. The Bertz CT molecular complexity index is 661. The Kier molecular flexibility index (Phi) is 5.95. The molecule has 0 radical (unpaired) electrons. The number of carbonyl (C=O) groups excluding carboxylic acids is 1. The van der Waals surface area contributed by atoms with Crippen molar-refractivity contribution in [3.8, 4) is 11.5 Å². The first-order chi connectivity index (χ1) is 11.5. The second-order valence-corrected chi connectivity index (χ2v) is 4.99. The summed E-state index contributed by atoms with van der Waals surface area (Å²) in [5, 5.41) is 5.76. The van der Waals surface area contributed by atoms with Gasteiger partial charge in [0, 0.05) is 11.4 Å². The standard InChI is InChI=1S/C17H18F2N2O3/c1-11(20-12-3-7-14(23-2)8-4-12)16(22)21-13-5-9-15(10-6-13)24-17(18)19/h3-11,17,20H,1-2H3,(H,21,22)/t11-/m1/s1. The fourth-order valence-electron chi connectivity index (χ4n) is 1.97. The normalized spacial score (nSPS) is 11.7. The zero-order chi connectivity index (χ0) is 17.5. The number of amides is 1. The molecule has 0 aliphatic heterocycles. The SMILES string of the molecule is COc1ccc(N[C@H](C)C(=O)Nc2ccc(OC(F)F)cc2)cc1. The second kappa shape index (κ2) is 8.14. The van der Waals surface area contributed by atoms with Crippen LogP contribution in [0.3, 0.4) is 0 Å². The van der Waals surface area contributed by atoms with Gasteiger partial charge in [0.15, 0.2) is 0 Å². The van der Waals surface area contributed by atoms with Crippen LogP contribution >= 0.6 is 0 Å². The number of alkyl halides is 2. The highest BCUT2D eigenvalue weighted by atomic mass is 19.3. The van der Waals surface area contributed by atoms with Crippen molar-refractivity contribution >= 4 is 17.3 Å². The van der Waals surface area contributed by atoms with Gasteiger partial charge in [-0.05, 0) is 55.5 Å². The minimum absolute atomic E-state index is 0.0346. The molecule has 0 aliphatic rings. The summed E-state index contributed by atoms with van der Waals surface area (Å²) >= 11 is 0. The molecule has 7 heteroatoms. The van der Waals surface area contributed by atoms with Gasteiger partial charge in [0.25, 0.3) is 0 Å². The van der Waals surface area contributed by atoms with Crippen molar-refractivity contribution in [2.45, 2.75) is 19.6 Å². The van der Waals surface area contributed by atoms with Crippen molar-refractivity contribution in [3.63, 3.8) is 0 Å². The summed E-state index contributed by atoms with van der Waals surface area (Å²) < 4.78 is 33.5. The minimum atomic E-state index is -2.88. The summed E-state index contributed by atoms with van der Waals surface area (Å²) in [7, 11) is 1.58. The van der Waals surface area contributed by atoms with Gasteiger partial charge in [-0.1, -0.05) is 0 Å². The lowest BCUT2D eigenvalue weighted by Gasteiger charge is -2.16. The lowest BCUT2D eigenvalue weighted by atomic mass is 10.2. The van der Waals surface area contributed by atoms with Crippen LogP contribution in [-0.2, 0) is 4.79 Å². The fourth-order valence-corrected chi connectivity index (χ4v) is 1.97. The Labute approximate surface area is 138 Å². The lowest BCUT2D eigenvalue weighted by molar-refractivity contribution is -0.116. The van der Waals surface area contributed by atoms with Crippen LogP contribution in [0.4, 0.5) is 20.2 Å². The predicted molar refractivity (Wildman–Crippen MR) is 87.8 cm³/mol. The van der Waals surface area contributed by atoms with Crippen molar-refractivity contribution < 1.29 is 23.0 Å². The monoisotopic (exact) mass is 336 g/mol. The maximum absolute atomic E-state index is 12.2. The number of benzene rings is 2. The zero-order valence-electron chi connectivity index (χ0n) is 13.3. The van der Waals surface area contributed by atoms with Gasteiger partial charge in [-0.25, -0.2) is 0 Å². The van der Waals surface area contributed by atoms with E-state index in [9.17, 15) is 13.6 Å². The molecule has 5 nitrogen and oxygen atoms in total. The van der Waals surface area contributed by atoms with Gasteiger partial charge in [0.05, 0.1) is 7.11 Å². The summed E-state index contributed by atoms with van der Waals surface area (Å²) in [6, 6.07) is 12.4. The van der Waals surface area contributed by atoms with E-state index in [-0.39, 0.29) is 11.7 Å². The zero-order valence-corrected chi connectivity index (χ0v) is 13.3. The van der Waals surface area contributed by atoms with Crippen LogP contribution in [0.1, 0.15) is 6.92 Å².